The summed E-state index contributed by atoms with van der Waals surface area (Å²) in [7, 11) is 0. The predicted octanol–water partition coefficient (Wildman–Crippen LogP) is 5.02. The molecule has 0 unspecified atom stereocenters. The Kier molecular flexibility index (Phi) is 5.41. The Morgan fingerprint density at radius 1 is 1.15 bits per heavy atom. The molecule has 4 bridgehead atoms. The Morgan fingerprint density at radius 2 is 1.79 bits per heavy atom. The molecular weight excluding hydrogens is 466 g/mol. The SMILES string of the molecule is O=C(O)CCN1C(=O)/C(=C/c2cn(-c3ccccc3)nc2C23CC4CC(CC(C4)C2)C3)SC1=S. The van der Waals surface area contributed by atoms with Crippen molar-refractivity contribution in [3.8, 4) is 5.69 Å². The molecule has 8 heteroatoms. The molecule has 1 saturated heterocycles. The first kappa shape index (κ1) is 22.0. The van der Waals surface area contributed by atoms with Crippen molar-refractivity contribution in [3.63, 3.8) is 0 Å². The summed E-state index contributed by atoms with van der Waals surface area (Å²) in [6.07, 6.45) is 11.5. The van der Waals surface area contributed by atoms with Crippen molar-refractivity contribution in [2.24, 2.45) is 17.8 Å². The lowest BCUT2D eigenvalue weighted by atomic mass is 9.48. The lowest BCUT2D eigenvalue weighted by molar-refractivity contribution is -0.137. The first-order valence-electron chi connectivity index (χ1n) is 12.0. The van der Waals surface area contributed by atoms with Crippen LogP contribution in [0.5, 0.6) is 0 Å². The van der Waals surface area contributed by atoms with Gasteiger partial charge in [-0.05, 0) is 74.5 Å². The summed E-state index contributed by atoms with van der Waals surface area (Å²) < 4.78 is 2.37. The molecule has 34 heavy (non-hydrogen) atoms. The molecule has 6 nitrogen and oxygen atoms in total. The third-order valence-corrected chi connectivity index (χ3v) is 9.39. The fourth-order valence-corrected chi connectivity index (χ4v) is 8.36. The van der Waals surface area contributed by atoms with Gasteiger partial charge in [0.2, 0.25) is 0 Å². The van der Waals surface area contributed by atoms with Gasteiger partial charge in [0.05, 0.1) is 22.7 Å². The molecule has 1 aromatic carbocycles. The summed E-state index contributed by atoms with van der Waals surface area (Å²) in [4.78, 5) is 26.1. The standard InChI is InChI=1S/C26H27N3O3S2/c30-22(31)6-7-28-24(32)21(34-25(28)33)11-19-15-29(20-4-2-1-3-5-20)27-23(19)26-12-16-8-17(13-26)10-18(9-16)14-26/h1-5,11,15-18H,6-10,12-14H2,(H,30,31)/b21-11-. The van der Waals surface area contributed by atoms with E-state index in [1.165, 1.54) is 55.2 Å². The molecule has 5 aliphatic rings. The molecule has 0 radical (unpaired) electrons. The number of thiocarbonyl (C=S) groups is 1. The second-order valence-corrected chi connectivity index (χ2v) is 12.1. The number of thioether (sulfide) groups is 1. The molecule has 7 rings (SSSR count). The molecule has 1 aromatic heterocycles. The molecule has 5 fully saturated rings. The number of aromatic nitrogens is 2. The van der Waals surface area contributed by atoms with Gasteiger partial charge in [0.25, 0.3) is 5.91 Å². The molecule has 0 atom stereocenters. The van der Waals surface area contributed by atoms with E-state index in [0.29, 0.717) is 9.23 Å². The van der Waals surface area contributed by atoms with Gasteiger partial charge in [0.15, 0.2) is 0 Å². The zero-order chi connectivity index (χ0) is 23.4. The molecule has 1 N–H and O–H groups in total. The van der Waals surface area contributed by atoms with Crippen molar-refractivity contribution in [2.75, 3.05) is 6.54 Å². The van der Waals surface area contributed by atoms with Crippen LogP contribution in [0.4, 0.5) is 0 Å². The highest BCUT2D eigenvalue weighted by atomic mass is 32.2. The van der Waals surface area contributed by atoms with Gasteiger partial charge in [-0.1, -0.05) is 42.2 Å². The van der Waals surface area contributed by atoms with Gasteiger partial charge >= 0.3 is 5.97 Å². The van der Waals surface area contributed by atoms with Crippen LogP contribution < -0.4 is 0 Å². The zero-order valence-corrected chi connectivity index (χ0v) is 20.5. The van der Waals surface area contributed by atoms with E-state index in [-0.39, 0.29) is 24.3 Å². The molecule has 176 valence electrons. The molecule has 2 aromatic rings. The first-order chi connectivity index (χ1) is 16.4. The van der Waals surface area contributed by atoms with Crippen LogP contribution in [-0.4, -0.2) is 42.5 Å². The monoisotopic (exact) mass is 493 g/mol. The number of carbonyl (C=O) groups is 2. The van der Waals surface area contributed by atoms with E-state index in [1.807, 2.05) is 47.3 Å². The maximum atomic E-state index is 13.1. The predicted molar refractivity (Wildman–Crippen MR) is 136 cm³/mol. The van der Waals surface area contributed by atoms with Gasteiger partial charge in [-0.25, -0.2) is 4.68 Å². The summed E-state index contributed by atoms with van der Waals surface area (Å²) in [5.41, 5.74) is 3.19. The Hall–Kier alpha value is -2.45. The van der Waals surface area contributed by atoms with Crippen molar-refractivity contribution in [2.45, 2.75) is 50.4 Å². The van der Waals surface area contributed by atoms with Gasteiger partial charge in [-0.15, -0.1) is 0 Å². The van der Waals surface area contributed by atoms with E-state index in [9.17, 15) is 9.59 Å². The molecule has 1 amide bonds. The highest BCUT2D eigenvalue weighted by Crippen LogP contribution is 2.61. The first-order valence-corrected chi connectivity index (χ1v) is 13.3. The topological polar surface area (TPSA) is 75.4 Å². The van der Waals surface area contributed by atoms with Crippen LogP contribution in [0.1, 0.15) is 56.2 Å². The second-order valence-electron chi connectivity index (χ2n) is 10.4. The van der Waals surface area contributed by atoms with Gasteiger partial charge in [0, 0.05) is 23.7 Å². The number of carboxylic acid groups (broad SMARTS) is 1. The number of carbonyl (C=O) groups excluding carboxylic acids is 1. The van der Waals surface area contributed by atoms with E-state index < -0.39 is 5.97 Å². The van der Waals surface area contributed by atoms with Gasteiger partial charge in [-0.3, -0.25) is 14.5 Å². The maximum Gasteiger partial charge on any atom is 0.305 e. The maximum absolute atomic E-state index is 13.1. The molecule has 4 aliphatic carbocycles. The number of nitrogens with zero attached hydrogens (tertiary/aromatic N) is 3. The molecule has 0 spiro atoms. The van der Waals surface area contributed by atoms with E-state index in [0.717, 1.165) is 34.7 Å². The Balaban J connectivity index is 1.40. The van der Waals surface area contributed by atoms with Crippen LogP contribution in [0.25, 0.3) is 11.8 Å². The number of rotatable bonds is 6. The fraction of sp³-hybridized carbons (Fsp3) is 0.462. The minimum Gasteiger partial charge on any atom is -0.481 e. The van der Waals surface area contributed by atoms with Crippen LogP contribution in [-0.2, 0) is 15.0 Å². The highest BCUT2D eigenvalue weighted by molar-refractivity contribution is 8.26. The molecular formula is C26H27N3O3S2. The van der Waals surface area contributed by atoms with E-state index in [4.69, 9.17) is 22.4 Å². The number of para-hydroxylation sites is 1. The summed E-state index contributed by atoms with van der Waals surface area (Å²) >= 11 is 6.66. The number of aliphatic carboxylic acids is 1. The van der Waals surface area contributed by atoms with E-state index in [2.05, 4.69) is 0 Å². The van der Waals surface area contributed by atoms with Crippen LogP contribution in [0.2, 0.25) is 0 Å². The third kappa shape index (κ3) is 3.81. The van der Waals surface area contributed by atoms with Gasteiger partial charge in [0.1, 0.15) is 4.32 Å². The van der Waals surface area contributed by atoms with Crippen LogP contribution in [0, 0.1) is 17.8 Å². The number of amides is 1. The second kappa shape index (κ2) is 8.34. The normalized spacial score (nSPS) is 31.1. The molecule has 4 saturated carbocycles. The number of carboxylic acids is 1. The minimum atomic E-state index is -0.939. The minimum absolute atomic E-state index is 0.0804. The van der Waals surface area contributed by atoms with Crippen molar-refractivity contribution in [1.82, 2.24) is 14.7 Å². The van der Waals surface area contributed by atoms with Crippen LogP contribution in [0.3, 0.4) is 0 Å². The average Bonchev–Trinajstić information content (AvgIpc) is 3.34. The number of benzene rings is 1. The van der Waals surface area contributed by atoms with Crippen LogP contribution in [0.15, 0.2) is 41.4 Å². The Labute approximate surface area is 208 Å². The molecule has 1 aliphatic heterocycles. The third-order valence-electron chi connectivity index (χ3n) is 8.01. The fourth-order valence-electron chi connectivity index (χ4n) is 7.06. The smallest absolute Gasteiger partial charge is 0.305 e. The summed E-state index contributed by atoms with van der Waals surface area (Å²) in [5.74, 6) is 1.21. The average molecular weight is 494 g/mol. The number of hydrogen-bond acceptors (Lipinski definition) is 5. The van der Waals surface area contributed by atoms with Gasteiger partial charge < -0.3 is 5.11 Å². The quantitative estimate of drug-likeness (QED) is 0.450. The molecule has 2 heterocycles. The largest absolute Gasteiger partial charge is 0.481 e. The van der Waals surface area contributed by atoms with Crippen molar-refractivity contribution in [3.05, 3.63) is 52.7 Å². The van der Waals surface area contributed by atoms with E-state index >= 15 is 0 Å². The highest BCUT2D eigenvalue weighted by Gasteiger charge is 2.53. The van der Waals surface area contributed by atoms with Crippen molar-refractivity contribution >= 4 is 46.3 Å². The summed E-state index contributed by atoms with van der Waals surface area (Å²) in [5, 5.41) is 14.2. The van der Waals surface area contributed by atoms with Crippen molar-refractivity contribution in [1.29, 1.82) is 0 Å². The zero-order valence-electron chi connectivity index (χ0n) is 18.9. The van der Waals surface area contributed by atoms with Crippen LogP contribution >= 0.6 is 24.0 Å². The van der Waals surface area contributed by atoms with Gasteiger partial charge in [-0.2, -0.15) is 5.10 Å². The summed E-state index contributed by atoms with van der Waals surface area (Å²) in [6.45, 7) is 0.0997. The summed E-state index contributed by atoms with van der Waals surface area (Å²) in [6, 6.07) is 10.1. The van der Waals surface area contributed by atoms with E-state index in [1.54, 1.807) is 0 Å². The van der Waals surface area contributed by atoms with Crippen molar-refractivity contribution < 1.29 is 14.7 Å². The Morgan fingerprint density at radius 3 is 2.41 bits per heavy atom. The Bertz CT molecular complexity index is 1170. The number of hydrogen-bond donors (Lipinski definition) is 1. The lowest BCUT2D eigenvalue weighted by Gasteiger charge is -2.56. The lowest BCUT2D eigenvalue weighted by Crippen LogP contribution is -2.49.